The second kappa shape index (κ2) is 5.33. The Kier molecular flexibility index (Phi) is 4.01. The molecule has 1 saturated heterocycles. The molecule has 1 aliphatic carbocycles. The molecule has 2 fully saturated rings. The summed E-state index contributed by atoms with van der Waals surface area (Å²) in [4.78, 5) is 12.1. The molecule has 5 nitrogen and oxygen atoms in total. The van der Waals surface area contributed by atoms with Crippen molar-refractivity contribution in [2.45, 2.75) is 37.8 Å². The van der Waals surface area contributed by atoms with Gasteiger partial charge in [0.25, 0.3) is 0 Å². The third-order valence-electron chi connectivity index (χ3n) is 3.62. The van der Waals surface area contributed by atoms with Crippen LogP contribution in [0.25, 0.3) is 0 Å². The zero-order chi connectivity index (χ0) is 12.3. The van der Waals surface area contributed by atoms with E-state index in [1.54, 1.807) is 0 Å². The van der Waals surface area contributed by atoms with Crippen molar-refractivity contribution in [3.05, 3.63) is 0 Å². The molecular formula is C12H22N2O3. The molecule has 0 aromatic carbocycles. The Hall–Kier alpha value is -0.650. The molecule has 17 heavy (non-hydrogen) atoms. The summed E-state index contributed by atoms with van der Waals surface area (Å²) in [5, 5.41) is 15.5. The van der Waals surface area contributed by atoms with Gasteiger partial charge in [-0.25, -0.2) is 0 Å². The van der Waals surface area contributed by atoms with E-state index < -0.39 is 0 Å². The summed E-state index contributed by atoms with van der Waals surface area (Å²) in [6.45, 7) is 4.13. The van der Waals surface area contributed by atoms with E-state index in [1.165, 1.54) is 0 Å². The Morgan fingerprint density at radius 1 is 1.47 bits per heavy atom. The second-order valence-corrected chi connectivity index (χ2v) is 5.13. The Morgan fingerprint density at radius 2 is 2.24 bits per heavy atom. The van der Waals surface area contributed by atoms with Crippen LogP contribution in [0.3, 0.4) is 0 Å². The molecule has 0 bridgehead atoms. The maximum Gasteiger partial charge on any atom is 0.227 e. The van der Waals surface area contributed by atoms with E-state index in [9.17, 15) is 9.90 Å². The van der Waals surface area contributed by atoms with Crippen molar-refractivity contribution < 1.29 is 14.6 Å². The molecule has 5 heteroatoms. The van der Waals surface area contributed by atoms with E-state index in [2.05, 4.69) is 17.6 Å². The molecule has 0 aromatic rings. The fourth-order valence-corrected chi connectivity index (χ4v) is 2.17. The lowest BCUT2D eigenvalue weighted by Gasteiger charge is -2.21. The smallest absolute Gasteiger partial charge is 0.227 e. The van der Waals surface area contributed by atoms with Gasteiger partial charge < -0.3 is 20.5 Å². The monoisotopic (exact) mass is 242 g/mol. The standard InChI is InChI=1S/C12H22N2O3/c1-2-5-13-10-7-17-6-9(10)11(16)14-12(8-15)3-4-12/h9-10,13,15H,2-8H2,1H3,(H,14,16). The van der Waals surface area contributed by atoms with Gasteiger partial charge in [-0.2, -0.15) is 0 Å². The van der Waals surface area contributed by atoms with Gasteiger partial charge in [-0.3, -0.25) is 4.79 Å². The van der Waals surface area contributed by atoms with E-state index in [0.29, 0.717) is 13.2 Å². The van der Waals surface area contributed by atoms with E-state index >= 15 is 0 Å². The molecule has 2 atom stereocenters. The van der Waals surface area contributed by atoms with Gasteiger partial charge in [0, 0.05) is 6.04 Å². The fraction of sp³-hybridized carbons (Fsp3) is 0.917. The van der Waals surface area contributed by atoms with Gasteiger partial charge in [-0.1, -0.05) is 6.92 Å². The molecule has 1 saturated carbocycles. The van der Waals surface area contributed by atoms with Crippen LogP contribution in [0.15, 0.2) is 0 Å². The Morgan fingerprint density at radius 3 is 2.82 bits per heavy atom. The minimum Gasteiger partial charge on any atom is -0.394 e. The highest BCUT2D eigenvalue weighted by Crippen LogP contribution is 2.35. The number of hydrogen-bond donors (Lipinski definition) is 3. The first kappa shape index (κ1) is 12.8. The SMILES string of the molecule is CCCNC1COCC1C(=O)NC1(CO)CC1. The van der Waals surface area contributed by atoms with Crippen LogP contribution in [0.2, 0.25) is 0 Å². The summed E-state index contributed by atoms with van der Waals surface area (Å²) in [5.74, 6) is -0.103. The minimum atomic E-state index is -0.324. The Bertz CT molecular complexity index is 279. The zero-order valence-electron chi connectivity index (χ0n) is 10.4. The number of nitrogens with one attached hydrogen (secondary N) is 2. The average molecular weight is 242 g/mol. The molecule has 1 amide bonds. The highest BCUT2D eigenvalue weighted by molar-refractivity contribution is 5.81. The fourth-order valence-electron chi connectivity index (χ4n) is 2.17. The van der Waals surface area contributed by atoms with Crippen LogP contribution in [0.1, 0.15) is 26.2 Å². The number of aliphatic hydroxyl groups excluding tert-OH is 1. The topological polar surface area (TPSA) is 70.6 Å². The summed E-state index contributed by atoms with van der Waals surface area (Å²) < 4.78 is 5.37. The average Bonchev–Trinajstić information content (AvgIpc) is 2.94. The molecule has 1 aliphatic heterocycles. The number of rotatable bonds is 6. The molecule has 2 rings (SSSR count). The second-order valence-electron chi connectivity index (χ2n) is 5.13. The number of hydrogen-bond acceptors (Lipinski definition) is 4. The van der Waals surface area contributed by atoms with Crippen LogP contribution in [0.4, 0.5) is 0 Å². The van der Waals surface area contributed by atoms with E-state index in [-0.39, 0.29) is 30.0 Å². The van der Waals surface area contributed by atoms with Crippen molar-refractivity contribution in [3.8, 4) is 0 Å². The maximum absolute atomic E-state index is 12.1. The Labute approximate surface area is 102 Å². The number of carbonyl (C=O) groups excluding carboxylic acids is 1. The van der Waals surface area contributed by atoms with Crippen LogP contribution >= 0.6 is 0 Å². The van der Waals surface area contributed by atoms with Gasteiger partial charge in [-0.05, 0) is 25.8 Å². The van der Waals surface area contributed by atoms with Gasteiger partial charge in [-0.15, -0.1) is 0 Å². The lowest BCUT2D eigenvalue weighted by Crippen LogP contribution is -2.49. The number of aliphatic hydroxyl groups is 1. The normalized spacial score (nSPS) is 30.2. The number of carbonyl (C=O) groups is 1. The molecule has 0 aromatic heterocycles. The first-order chi connectivity index (χ1) is 8.21. The van der Waals surface area contributed by atoms with Crippen molar-refractivity contribution in [3.63, 3.8) is 0 Å². The first-order valence-electron chi connectivity index (χ1n) is 6.45. The summed E-state index contributed by atoms with van der Waals surface area (Å²) >= 11 is 0. The van der Waals surface area contributed by atoms with Crippen molar-refractivity contribution in [2.75, 3.05) is 26.4 Å². The van der Waals surface area contributed by atoms with Crippen LogP contribution in [-0.2, 0) is 9.53 Å². The molecular weight excluding hydrogens is 220 g/mol. The van der Waals surface area contributed by atoms with Crippen molar-refractivity contribution in [2.24, 2.45) is 5.92 Å². The lowest BCUT2D eigenvalue weighted by molar-refractivity contribution is -0.126. The van der Waals surface area contributed by atoms with Crippen LogP contribution in [0, 0.1) is 5.92 Å². The minimum absolute atomic E-state index is 0.0163. The van der Waals surface area contributed by atoms with Crippen molar-refractivity contribution in [1.29, 1.82) is 0 Å². The zero-order valence-corrected chi connectivity index (χ0v) is 10.4. The molecule has 98 valence electrons. The lowest BCUT2D eigenvalue weighted by atomic mass is 10.0. The van der Waals surface area contributed by atoms with E-state index in [0.717, 1.165) is 25.8 Å². The number of ether oxygens (including phenoxy) is 1. The molecule has 2 unspecified atom stereocenters. The van der Waals surface area contributed by atoms with Crippen LogP contribution in [0.5, 0.6) is 0 Å². The van der Waals surface area contributed by atoms with Crippen LogP contribution in [-0.4, -0.2) is 49.0 Å². The quantitative estimate of drug-likeness (QED) is 0.595. The third kappa shape index (κ3) is 2.97. The summed E-state index contributed by atoms with van der Waals surface area (Å²) in [5.41, 5.74) is -0.324. The predicted molar refractivity (Wildman–Crippen MR) is 63.6 cm³/mol. The maximum atomic E-state index is 12.1. The number of amides is 1. The van der Waals surface area contributed by atoms with Gasteiger partial charge in [0.05, 0.1) is 31.3 Å². The Balaban J connectivity index is 1.85. The molecule has 3 N–H and O–H groups in total. The third-order valence-corrected chi connectivity index (χ3v) is 3.62. The van der Waals surface area contributed by atoms with Gasteiger partial charge in [0.2, 0.25) is 5.91 Å². The van der Waals surface area contributed by atoms with Crippen molar-refractivity contribution in [1.82, 2.24) is 10.6 Å². The van der Waals surface area contributed by atoms with Crippen molar-refractivity contribution >= 4 is 5.91 Å². The highest BCUT2D eigenvalue weighted by atomic mass is 16.5. The van der Waals surface area contributed by atoms with E-state index in [4.69, 9.17) is 4.74 Å². The van der Waals surface area contributed by atoms with Gasteiger partial charge in [0.15, 0.2) is 0 Å². The summed E-state index contributed by atoms with van der Waals surface area (Å²) in [6.07, 6.45) is 2.82. The summed E-state index contributed by atoms with van der Waals surface area (Å²) in [7, 11) is 0. The van der Waals surface area contributed by atoms with E-state index in [1.807, 2.05) is 0 Å². The molecule has 2 aliphatic rings. The van der Waals surface area contributed by atoms with Crippen LogP contribution < -0.4 is 10.6 Å². The molecule has 0 spiro atoms. The van der Waals surface area contributed by atoms with Gasteiger partial charge in [0.1, 0.15) is 0 Å². The molecule has 0 radical (unpaired) electrons. The predicted octanol–water partition coefficient (Wildman–Crippen LogP) is -0.358. The largest absolute Gasteiger partial charge is 0.394 e. The molecule has 1 heterocycles. The van der Waals surface area contributed by atoms with Gasteiger partial charge >= 0.3 is 0 Å². The highest BCUT2D eigenvalue weighted by Gasteiger charge is 2.46. The first-order valence-corrected chi connectivity index (χ1v) is 6.45. The summed E-state index contributed by atoms with van der Waals surface area (Å²) in [6, 6.07) is 0.115.